The van der Waals surface area contributed by atoms with E-state index in [1.54, 1.807) is 37.3 Å². The summed E-state index contributed by atoms with van der Waals surface area (Å²) in [5.41, 5.74) is -4.65. The van der Waals surface area contributed by atoms with E-state index in [2.05, 4.69) is 4.74 Å². The number of aromatic hydroxyl groups is 1. The summed E-state index contributed by atoms with van der Waals surface area (Å²) in [5, 5.41) is 21.5. The Balaban J connectivity index is 1.99. The molecule has 0 atom stereocenters. The lowest BCUT2D eigenvalue weighted by atomic mass is 9.93. The lowest BCUT2D eigenvalue weighted by molar-refractivity contribution is -0.371. The van der Waals surface area contributed by atoms with Gasteiger partial charge >= 0.3 is 18.3 Å². The molecule has 2 N–H and O–H groups in total. The summed E-state index contributed by atoms with van der Waals surface area (Å²) in [6.45, 7) is 0.398. The Morgan fingerprint density at radius 1 is 0.903 bits per heavy atom. The lowest BCUT2D eigenvalue weighted by Gasteiger charge is -2.32. The Morgan fingerprint density at radius 3 is 2.03 bits per heavy atom. The number of phenolic OH excluding ortho intramolecular Hbond substituents is 1. The molecule has 3 aromatic carbocycles. The minimum absolute atomic E-state index is 0.216. The van der Waals surface area contributed by atoms with Gasteiger partial charge in [0.1, 0.15) is 11.3 Å². The number of rotatable bonds is 4. The lowest BCUT2D eigenvalue weighted by Crippen LogP contribution is -2.57. The van der Waals surface area contributed by atoms with E-state index in [0.717, 1.165) is 5.56 Å². The van der Waals surface area contributed by atoms with Gasteiger partial charge in [-0.15, -0.1) is 0 Å². The number of carbonyl (C=O) groups excluding carboxylic acids is 1. The van der Waals surface area contributed by atoms with Crippen LogP contribution in [0.3, 0.4) is 0 Å². The number of hydrogen-bond donors (Lipinski definition) is 2. The van der Waals surface area contributed by atoms with Crippen molar-refractivity contribution in [2.75, 3.05) is 6.61 Å². The number of aliphatic hydroxyl groups is 1. The first-order valence-corrected chi connectivity index (χ1v) is 8.95. The van der Waals surface area contributed by atoms with Crippen LogP contribution in [0.15, 0.2) is 42.5 Å². The minimum Gasteiger partial charge on any atom is -0.506 e. The van der Waals surface area contributed by atoms with Crippen molar-refractivity contribution in [3.05, 3.63) is 53.6 Å². The molecular formula is C21H16F6O4. The molecule has 0 fully saturated rings. The summed E-state index contributed by atoms with van der Waals surface area (Å²) in [5.74, 6) is -1.83. The van der Waals surface area contributed by atoms with E-state index in [9.17, 15) is 41.4 Å². The Bertz CT molecular complexity index is 1140. The summed E-state index contributed by atoms with van der Waals surface area (Å²) < 4.78 is 81.3. The van der Waals surface area contributed by atoms with Crippen molar-refractivity contribution in [2.24, 2.45) is 0 Å². The zero-order valence-electron chi connectivity index (χ0n) is 15.9. The highest BCUT2D eigenvalue weighted by atomic mass is 19.4. The molecule has 3 rings (SSSR count). The predicted octanol–water partition coefficient (Wildman–Crippen LogP) is 5.41. The highest BCUT2D eigenvalue weighted by molar-refractivity contribution is 6.20. The molecule has 10 heteroatoms. The highest BCUT2D eigenvalue weighted by Crippen LogP contribution is 2.45. The molecule has 0 bridgehead atoms. The second-order valence-electron chi connectivity index (χ2n) is 7.01. The van der Waals surface area contributed by atoms with Gasteiger partial charge < -0.3 is 14.9 Å². The molecular weight excluding hydrogens is 430 g/mol. The smallest absolute Gasteiger partial charge is 0.426 e. The van der Waals surface area contributed by atoms with Crippen LogP contribution in [0.2, 0.25) is 0 Å². The third kappa shape index (κ3) is 3.76. The Hall–Kier alpha value is -3.01. The van der Waals surface area contributed by atoms with Crippen LogP contribution >= 0.6 is 0 Å². The number of carbonyl (C=O) groups is 1. The van der Waals surface area contributed by atoms with Crippen molar-refractivity contribution < 1.29 is 46.1 Å². The quantitative estimate of drug-likeness (QED) is 0.320. The molecule has 0 aliphatic rings. The van der Waals surface area contributed by atoms with Crippen LogP contribution in [0.25, 0.3) is 21.5 Å². The van der Waals surface area contributed by atoms with E-state index in [1.807, 2.05) is 0 Å². The Kier molecular flexibility index (Phi) is 5.56. The monoisotopic (exact) mass is 446 g/mol. The van der Waals surface area contributed by atoms with Crippen LogP contribution in [-0.4, -0.2) is 40.7 Å². The molecule has 3 aromatic rings. The third-order valence-corrected chi connectivity index (χ3v) is 5.07. The summed E-state index contributed by atoms with van der Waals surface area (Å²) in [4.78, 5) is 12.6. The predicted molar refractivity (Wildman–Crippen MR) is 99.8 cm³/mol. The first-order chi connectivity index (χ1) is 14.3. The standard InChI is InChI=1S/C21H16F6O4/c1-11-5-4-8-14-15(11)12-6-2-3-7-13(12)16(17(14)28)18(29)31-10-9-19(30,20(22,23)24)21(25,26)27/h2-8,28,30H,9-10H2,1H3. The number of phenols is 1. The van der Waals surface area contributed by atoms with Crippen molar-refractivity contribution in [1.29, 1.82) is 0 Å². The molecule has 0 saturated heterocycles. The zero-order chi connectivity index (χ0) is 23.2. The maximum Gasteiger partial charge on any atom is 0.426 e. The van der Waals surface area contributed by atoms with Gasteiger partial charge in [0.05, 0.1) is 6.61 Å². The van der Waals surface area contributed by atoms with E-state index >= 15 is 0 Å². The van der Waals surface area contributed by atoms with Crippen LogP contribution in [0.1, 0.15) is 22.3 Å². The largest absolute Gasteiger partial charge is 0.506 e. The molecule has 166 valence electrons. The van der Waals surface area contributed by atoms with Crippen molar-refractivity contribution in [2.45, 2.75) is 31.3 Å². The van der Waals surface area contributed by atoms with Crippen molar-refractivity contribution in [3.8, 4) is 5.75 Å². The SMILES string of the molecule is Cc1cccc2c(O)c(C(=O)OCCC(O)(C(F)(F)F)C(F)(F)F)c3ccccc3c12. The van der Waals surface area contributed by atoms with Crippen LogP contribution < -0.4 is 0 Å². The van der Waals surface area contributed by atoms with E-state index in [-0.39, 0.29) is 10.8 Å². The molecule has 4 nitrogen and oxygen atoms in total. The summed E-state index contributed by atoms with van der Waals surface area (Å²) in [7, 11) is 0. The van der Waals surface area contributed by atoms with E-state index < -0.39 is 48.3 Å². The van der Waals surface area contributed by atoms with Crippen molar-refractivity contribution >= 4 is 27.5 Å². The fraction of sp³-hybridized carbons (Fsp3) is 0.286. The van der Waals surface area contributed by atoms with Gasteiger partial charge in [-0.05, 0) is 23.3 Å². The Labute approximate surface area is 171 Å². The van der Waals surface area contributed by atoms with Gasteiger partial charge in [0.15, 0.2) is 0 Å². The normalized spacial score (nSPS) is 13.0. The average Bonchev–Trinajstić information content (AvgIpc) is 2.66. The highest BCUT2D eigenvalue weighted by Gasteiger charge is 2.70. The topological polar surface area (TPSA) is 66.8 Å². The summed E-state index contributed by atoms with van der Waals surface area (Å²) in [6, 6.07) is 11.3. The first-order valence-electron chi connectivity index (χ1n) is 8.95. The van der Waals surface area contributed by atoms with Crippen LogP contribution in [0, 0.1) is 6.92 Å². The fourth-order valence-corrected chi connectivity index (χ4v) is 3.42. The number of benzene rings is 3. The zero-order valence-corrected chi connectivity index (χ0v) is 15.9. The number of halogens is 6. The Morgan fingerprint density at radius 2 is 1.45 bits per heavy atom. The molecule has 0 aliphatic heterocycles. The number of aryl methyl sites for hydroxylation is 1. The molecule has 0 radical (unpaired) electrons. The summed E-state index contributed by atoms with van der Waals surface area (Å²) in [6.07, 6.45) is -14.0. The van der Waals surface area contributed by atoms with Crippen molar-refractivity contribution in [3.63, 3.8) is 0 Å². The van der Waals surface area contributed by atoms with Crippen LogP contribution in [0.4, 0.5) is 26.3 Å². The molecule has 0 heterocycles. The maximum atomic E-state index is 12.8. The van der Waals surface area contributed by atoms with Crippen LogP contribution in [0.5, 0.6) is 5.75 Å². The third-order valence-electron chi connectivity index (χ3n) is 5.07. The molecule has 0 aliphatic carbocycles. The van der Waals surface area contributed by atoms with E-state index in [1.165, 1.54) is 12.1 Å². The number of alkyl halides is 6. The van der Waals surface area contributed by atoms with E-state index in [4.69, 9.17) is 0 Å². The second-order valence-corrected chi connectivity index (χ2v) is 7.01. The van der Waals surface area contributed by atoms with Gasteiger partial charge in [-0.25, -0.2) is 4.79 Å². The molecule has 0 saturated carbocycles. The van der Waals surface area contributed by atoms with Crippen molar-refractivity contribution in [1.82, 2.24) is 0 Å². The molecule has 0 amide bonds. The molecule has 0 aromatic heterocycles. The number of esters is 1. The van der Waals surface area contributed by atoms with Gasteiger partial charge in [0.2, 0.25) is 0 Å². The van der Waals surface area contributed by atoms with E-state index in [0.29, 0.717) is 10.8 Å². The molecule has 31 heavy (non-hydrogen) atoms. The maximum absolute atomic E-state index is 12.8. The van der Waals surface area contributed by atoms with Gasteiger partial charge in [0.25, 0.3) is 5.60 Å². The van der Waals surface area contributed by atoms with Gasteiger partial charge in [-0.2, -0.15) is 26.3 Å². The second kappa shape index (κ2) is 7.60. The number of hydrogen-bond acceptors (Lipinski definition) is 4. The molecule has 0 unspecified atom stereocenters. The first kappa shape index (κ1) is 22.7. The minimum atomic E-state index is -6.02. The van der Waals surface area contributed by atoms with Crippen LogP contribution in [-0.2, 0) is 4.74 Å². The van der Waals surface area contributed by atoms with Gasteiger partial charge in [-0.3, -0.25) is 0 Å². The molecule has 0 spiro atoms. The summed E-state index contributed by atoms with van der Waals surface area (Å²) >= 11 is 0. The number of fused-ring (bicyclic) bond motifs is 3. The average molecular weight is 446 g/mol. The van der Waals surface area contributed by atoms with Gasteiger partial charge in [0, 0.05) is 17.2 Å². The van der Waals surface area contributed by atoms with Gasteiger partial charge in [-0.1, -0.05) is 42.5 Å². The fourth-order valence-electron chi connectivity index (χ4n) is 3.42. The number of ether oxygens (including phenoxy) is 1.